The zero-order chi connectivity index (χ0) is 21.1. The van der Waals surface area contributed by atoms with Gasteiger partial charge in [0.15, 0.2) is 23.6 Å². The fourth-order valence-electron chi connectivity index (χ4n) is 3.98. The highest BCUT2D eigenvalue weighted by Gasteiger charge is 2.36. The number of aromatic nitrogens is 4. The number of anilines is 1. The van der Waals surface area contributed by atoms with Crippen LogP contribution in [0.25, 0.3) is 11.5 Å². The average Bonchev–Trinajstić information content (AvgIpc) is 3.48. The quantitative estimate of drug-likeness (QED) is 0.582. The third-order valence-corrected chi connectivity index (χ3v) is 5.58. The van der Waals surface area contributed by atoms with E-state index >= 15 is 0 Å². The molecule has 4 aliphatic heterocycles. The normalized spacial score (nSPS) is 19.9. The number of hydrogen-bond donors (Lipinski definition) is 1. The lowest BCUT2D eigenvalue weighted by Gasteiger charge is -2.23. The van der Waals surface area contributed by atoms with Gasteiger partial charge in [0.05, 0.1) is 12.2 Å². The average molecular weight is 446 g/mol. The maximum atomic E-state index is 5.73. The molecule has 1 aliphatic carbocycles. The molecule has 168 valence electrons. The standard InChI is InChI=1S/C18H23N5O.C5H8O.ClH/c1-5-19-16-14-17(22-15(21-14)12(2)3)23(11-20-16)18(24-4)13-9-7-6-8-10-13;1-2-5-3-4(1)6-5;/h6-12,18-19H,5H2,1-4H3;4-5H,1-3H2;1H. The largest absolute Gasteiger partial charge is 0.375 e. The van der Waals surface area contributed by atoms with Crippen molar-refractivity contribution in [2.45, 2.75) is 64.4 Å². The first kappa shape index (κ1) is 23.4. The molecule has 0 radical (unpaired) electrons. The summed E-state index contributed by atoms with van der Waals surface area (Å²) in [4.78, 5) is 14.0. The molecule has 5 aliphatic rings. The third kappa shape index (κ3) is 5.00. The zero-order valence-electron chi connectivity index (χ0n) is 18.6. The van der Waals surface area contributed by atoms with Crippen molar-refractivity contribution in [2.24, 2.45) is 0 Å². The summed E-state index contributed by atoms with van der Waals surface area (Å²) in [5, 5.41) is 3.26. The highest BCUT2D eigenvalue weighted by Crippen LogP contribution is 2.36. The number of ether oxygens (including phenoxy) is 2. The van der Waals surface area contributed by atoms with Crippen molar-refractivity contribution in [2.75, 3.05) is 19.0 Å². The summed E-state index contributed by atoms with van der Waals surface area (Å²) >= 11 is 0. The van der Waals surface area contributed by atoms with E-state index in [2.05, 4.69) is 29.1 Å². The first-order chi connectivity index (χ1) is 14.6. The molecule has 7 nitrogen and oxygen atoms in total. The third-order valence-electron chi connectivity index (χ3n) is 5.58. The second-order valence-electron chi connectivity index (χ2n) is 8.13. The van der Waals surface area contributed by atoms with Crippen molar-refractivity contribution in [1.82, 2.24) is 19.5 Å². The molecule has 3 fully saturated rings. The van der Waals surface area contributed by atoms with Gasteiger partial charge in [-0.05, 0) is 26.2 Å². The molecule has 0 aromatic heterocycles. The number of nitrogens with zero attached hydrogens (tertiary/aromatic N) is 4. The van der Waals surface area contributed by atoms with Crippen LogP contribution in [0.4, 0.5) is 5.82 Å². The molecule has 1 aromatic carbocycles. The van der Waals surface area contributed by atoms with E-state index in [9.17, 15) is 0 Å². The number of benzene rings is 1. The maximum absolute atomic E-state index is 5.73. The van der Waals surface area contributed by atoms with E-state index in [-0.39, 0.29) is 24.6 Å². The minimum atomic E-state index is -0.298. The van der Waals surface area contributed by atoms with Crippen LogP contribution in [0.2, 0.25) is 0 Å². The van der Waals surface area contributed by atoms with Gasteiger partial charge in [-0.3, -0.25) is 4.57 Å². The molecule has 0 amide bonds. The van der Waals surface area contributed by atoms with E-state index in [0.717, 1.165) is 35.3 Å². The molecule has 8 heteroatoms. The summed E-state index contributed by atoms with van der Waals surface area (Å²) in [6.45, 7) is 6.99. The molecular weight excluding hydrogens is 414 g/mol. The van der Waals surface area contributed by atoms with Gasteiger partial charge >= 0.3 is 0 Å². The number of hydrogen-bond acceptors (Lipinski definition) is 6. The Morgan fingerprint density at radius 1 is 1.16 bits per heavy atom. The lowest BCUT2D eigenvalue weighted by Crippen LogP contribution is -2.25. The second-order valence-corrected chi connectivity index (χ2v) is 8.13. The molecule has 3 unspecified atom stereocenters. The van der Waals surface area contributed by atoms with Gasteiger partial charge in [-0.1, -0.05) is 44.2 Å². The van der Waals surface area contributed by atoms with Gasteiger partial charge in [0, 0.05) is 25.1 Å². The molecular formula is C23H32ClN5O2. The van der Waals surface area contributed by atoms with Gasteiger partial charge in [-0.15, -0.1) is 12.4 Å². The summed E-state index contributed by atoms with van der Waals surface area (Å²) in [5.74, 6) is 2.60. The van der Waals surface area contributed by atoms with Crippen LogP contribution in [0.15, 0.2) is 36.7 Å². The van der Waals surface area contributed by atoms with Crippen LogP contribution in [0.5, 0.6) is 0 Å². The van der Waals surface area contributed by atoms with Crippen molar-refractivity contribution in [1.29, 1.82) is 0 Å². The van der Waals surface area contributed by atoms with Crippen LogP contribution >= 0.6 is 12.4 Å². The van der Waals surface area contributed by atoms with Crippen LogP contribution in [-0.4, -0.2) is 45.4 Å². The molecule has 2 saturated heterocycles. The Labute approximate surface area is 190 Å². The molecule has 2 bridgehead atoms. The number of imidazole rings is 1. The monoisotopic (exact) mass is 445 g/mol. The molecule has 4 heterocycles. The lowest BCUT2D eigenvalue weighted by atomic mass is 10.2. The molecule has 0 spiro atoms. The Balaban J connectivity index is 0.000000330. The number of fused-ring (bicyclic) bond motifs is 2. The van der Waals surface area contributed by atoms with Gasteiger partial charge in [0.2, 0.25) is 0 Å². The molecule has 6 rings (SSSR count). The topological polar surface area (TPSA) is 74.1 Å². The van der Waals surface area contributed by atoms with Crippen LogP contribution < -0.4 is 5.32 Å². The summed E-state index contributed by atoms with van der Waals surface area (Å²) < 4.78 is 12.9. The highest BCUT2D eigenvalue weighted by molar-refractivity contribution is 5.85. The van der Waals surface area contributed by atoms with Crippen molar-refractivity contribution in [3.8, 4) is 11.5 Å². The minimum absolute atomic E-state index is 0. The smallest absolute Gasteiger partial charge is 0.168 e. The van der Waals surface area contributed by atoms with Gasteiger partial charge in [-0.2, -0.15) is 0 Å². The lowest BCUT2D eigenvalue weighted by molar-refractivity contribution is -0.0647. The van der Waals surface area contributed by atoms with Crippen LogP contribution in [-0.2, 0) is 9.47 Å². The van der Waals surface area contributed by atoms with Gasteiger partial charge in [-0.25, -0.2) is 15.0 Å². The van der Waals surface area contributed by atoms with Gasteiger partial charge in [0.25, 0.3) is 0 Å². The van der Waals surface area contributed by atoms with Crippen molar-refractivity contribution in [3.05, 3.63) is 48.0 Å². The van der Waals surface area contributed by atoms with E-state index in [1.165, 1.54) is 19.3 Å². The predicted octanol–water partition coefficient (Wildman–Crippen LogP) is 4.89. The summed E-state index contributed by atoms with van der Waals surface area (Å²) in [6, 6.07) is 10.0. The van der Waals surface area contributed by atoms with Crippen LogP contribution in [0.3, 0.4) is 0 Å². The van der Waals surface area contributed by atoms with E-state index < -0.39 is 0 Å². The fourth-order valence-corrected chi connectivity index (χ4v) is 3.98. The van der Waals surface area contributed by atoms with Gasteiger partial charge in [0.1, 0.15) is 12.2 Å². The Bertz CT molecular complexity index is 914. The number of methoxy groups -OCH3 is 1. The van der Waals surface area contributed by atoms with Gasteiger partial charge < -0.3 is 14.8 Å². The Hall–Kier alpha value is -2.22. The van der Waals surface area contributed by atoms with Crippen molar-refractivity contribution >= 4 is 18.2 Å². The van der Waals surface area contributed by atoms with E-state index in [0.29, 0.717) is 12.2 Å². The zero-order valence-corrected chi connectivity index (χ0v) is 19.4. The first-order valence-corrected chi connectivity index (χ1v) is 10.8. The Morgan fingerprint density at radius 2 is 1.84 bits per heavy atom. The number of nitrogens with one attached hydrogen (secondary N) is 1. The van der Waals surface area contributed by atoms with E-state index in [4.69, 9.17) is 14.5 Å². The second kappa shape index (κ2) is 10.4. The molecule has 1 N–H and O–H groups in total. The first-order valence-electron chi connectivity index (χ1n) is 10.8. The van der Waals surface area contributed by atoms with E-state index in [1.807, 2.05) is 41.8 Å². The molecule has 3 atom stereocenters. The highest BCUT2D eigenvalue weighted by atomic mass is 35.5. The van der Waals surface area contributed by atoms with Crippen molar-refractivity contribution in [3.63, 3.8) is 0 Å². The van der Waals surface area contributed by atoms with Crippen LogP contribution in [0.1, 0.15) is 63.6 Å². The fraction of sp³-hybridized carbons (Fsp3) is 0.522. The SMILES string of the molecule is C1CC2CC1O2.CCNc1ncn(C(OC)c2ccccc2)c2nc(C(C)C)nc1-2.Cl. The minimum Gasteiger partial charge on any atom is -0.375 e. The predicted molar refractivity (Wildman–Crippen MR) is 124 cm³/mol. The summed E-state index contributed by atoms with van der Waals surface area (Å²) in [5.41, 5.74) is 1.82. The number of rotatable bonds is 6. The van der Waals surface area contributed by atoms with Crippen LogP contribution in [0, 0.1) is 0 Å². The molecule has 1 aromatic rings. The van der Waals surface area contributed by atoms with E-state index in [1.54, 1.807) is 13.4 Å². The summed E-state index contributed by atoms with van der Waals surface area (Å²) in [7, 11) is 1.69. The molecule has 31 heavy (non-hydrogen) atoms. The summed E-state index contributed by atoms with van der Waals surface area (Å²) in [6.07, 6.45) is 6.88. The van der Waals surface area contributed by atoms with Crippen molar-refractivity contribution < 1.29 is 9.47 Å². The Kier molecular flexibility index (Phi) is 7.86. The molecule has 1 saturated carbocycles. The number of halogens is 1. The Morgan fingerprint density at radius 3 is 2.35 bits per heavy atom. The maximum Gasteiger partial charge on any atom is 0.168 e.